The minimum atomic E-state index is 0.728. The predicted molar refractivity (Wildman–Crippen MR) is 78.6 cm³/mol. The van der Waals surface area contributed by atoms with Gasteiger partial charge >= 0.3 is 0 Å². The Labute approximate surface area is 111 Å². The summed E-state index contributed by atoms with van der Waals surface area (Å²) in [6, 6.07) is 10.3. The molecule has 18 heavy (non-hydrogen) atoms. The summed E-state index contributed by atoms with van der Waals surface area (Å²) in [5.41, 5.74) is 1.24. The van der Waals surface area contributed by atoms with Gasteiger partial charge in [0, 0.05) is 19.7 Å². The Hall–Kier alpha value is -1.12. The highest BCUT2D eigenvalue weighted by Crippen LogP contribution is 2.00. The van der Waals surface area contributed by atoms with Crippen LogP contribution >= 0.6 is 0 Å². The largest absolute Gasteiger partial charge is 0.380 e. The predicted octanol–water partition coefficient (Wildman–Crippen LogP) is 3.35. The molecule has 1 aromatic rings. The average molecular weight is 247 g/mol. The molecule has 0 aromatic heterocycles. The third-order valence-electron chi connectivity index (χ3n) is 2.63. The minimum absolute atomic E-state index is 0.728. The Kier molecular flexibility index (Phi) is 8.19. The molecule has 0 unspecified atom stereocenters. The first-order chi connectivity index (χ1) is 8.79. The van der Waals surface area contributed by atoms with Gasteiger partial charge in [0.05, 0.1) is 6.61 Å². The van der Waals surface area contributed by atoms with E-state index in [1.165, 1.54) is 5.56 Å². The number of nitrogens with one attached hydrogen (secondary N) is 1. The van der Waals surface area contributed by atoms with Crippen molar-refractivity contribution in [3.8, 4) is 0 Å². The maximum atomic E-state index is 5.52. The van der Waals surface area contributed by atoms with Crippen LogP contribution in [-0.2, 0) is 4.74 Å². The second kappa shape index (κ2) is 9.86. The average Bonchev–Trinajstić information content (AvgIpc) is 2.37. The van der Waals surface area contributed by atoms with Gasteiger partial charge in [0.1, 0.15) is 0 Å². The van der Waals surface area contributed by atoms with Gasteiger partial charge in [-0.15, -0.1) is 0 Å². The van der Waals surface area contributed by atoms with Gasteiger partial charge in [-0.2, -0.15) is 0 Å². The smallest absolute Gasteiger partial charge is 0.0591 e. The number of rotatable bonds is 9. The molecule has 0 heterocycles. The van der Waals surface area contributed by atoms with Crippen molar-refractivity contribution in [2.24, 2.45) is 5.92 Å². The zero-order valence-electron chi connectivity index (χ0n) is 11.6. The van der Waals surface area contributed by atoms with Crippen LogP contribution in [0.4, 0.5) is 0 Å². The van der Waals surface area contributed by atoms with E-state index < -0.39 is 0 Å². The molecule has 0 aliphatic carbocycles. The number of ether oxygens (including phenoxy) is 1. The Balaban J connectivity index is 1.94. The van der Waals surface area contributed by atoms with Crippen molar-refractivity contribution >= 4 is 6.08 Å². The maximum absolute atomic E-state index is 5.52. The fourth-order valence-corrected chi connectivity index (χ4v) is 1.51. The second-order valence-electron chi connectivity index (χ2n) is 4.81. The zero-order valence-corrected chi connectivity index (χ0v) is 11.6. The van der Waals surface area contributed by atoms with E-state index in [0.29, 0.717) is 0 Å². The van der Waals surface area contributed by atoms with Gasteiger partial charge in [0.15, 0.2) is 0 Å². The van der Waals surface area contributed by atoms with Gasteiger partial charge < -0.3 is 10.1 Å². The van der Waals surface area contributed by atoms with Crippen LogP contribution in [-0.4, -0.2) is 26.3 Å². The fraction of sp³-hybridized carbons (Fsp3) is 0.500. The zero-order chi connectivity index (χ0) is 13.1. The third-order valence-corrected chi connectivity index (χ3v) is 2.63. The van der Waals surface area contributed by atoms with Crippen LogP contribution in [0.15, 0.2) is 36.4 Å². The summed E-state index contributed by atoms with van der Waals surface area (Å²) in [6.07, 6.45) is 5.42. The first kappa shape index (κ1) is 14.9. The number of hydrogen-bond acceptors (Lipinski definition) is 2. The molecule has 0 spiro atoms. The number of hydrogen-bond donors (Lipinski definition) is 1. The van der Waals surface area contributed by atoms with E-state index in [1.54, 1.807) is 0 Å². The fourth-order valence-electron chi connectivity index (χ4n) is 1.51. The molecule has 2 heteroatoms. The highest BCUT2D eigenvalue weighted by Gasteiger charge is 1.93. The van der Waals surface area contributed by atoms with Crippen LogP contribution in [0.2, 0.25) is 0 Å². The molecule has 0 atom stereocenters. The van der Waals surface area contributed by atoms with Gasteiger partial charge in [0.25, 0.3) is 0 Å². The summed E-state index contributed by atoms with van der Waals surface area (Å²) < 4.78 is 5.52. The molecule has 0 bridgehead atoms. The van der Waals surface area contributed by atoms with E-state index in [-0.39, 0.29) is 0 Å². The van der Waals surface area contributed by atoms with Crippen LogP contribution in [0, 0.1) is 5.92 Å². The minimum Gasteiger partial charge on any atom is -0.380 e. The molecule has 0 aliphatic heterocycles. The monoisotopic (exact) mass is 247 g/mol. The first-order valence-electron chi connectivity index (χ1n) is 6.79. The SMILES string of the molecule is CC(C)CCOCCNC/C=C/c1ccccc1. The van der Waals surface area contributed by atoms with Crippen molar-refractivity contribution in [2.75, 3.05) is 26.3 Å². The lowest BCUT2D eigenvalue weighted by atomic mass is 10.1. The quantitative estimate of drug-likeness (QED) is 0.676. The third kappa shape index (κ3) is 8.04. The first-order valence-corrected chi connectivity index (χ1v) is 6.79. The van der Waals surface area contributed by atoms with E-state index in [9.17, 15) is 0 Å². The molecule has 1 N–H and O–H groups in total. The van der Waals surface area contributed by atoms with Crippen LogP contribution < -0.4 is 5.32 Å². The lowest BCUT2D eigenvalue weighted by Gasteiger charge is -2.06. The van der Waals surface area contributed by atoms with Gasteiger partial charge in [-0.05, 0) is 17.9 Å². The Morgan fingerprint density at radius 2 is 1.94 bits per heavy atom. The van der Waals surface area contributed by atoms with Crippen LogP contribution in [0.5, 0.6) is 0 Å². The lowest BCUT2D eigenvalue weighted by Crippen LogP contribution is -2.20. The normalized spacial score (nSPS) is 11.5. The van der Waals surface area contributed by atoms with Crippen molar-refractivity contribution in [3.63, 3.8) is 0 Å². The molecular formula is C16H25NO. The second-order valence-corrected chi connectivity index (χ2v) is 4.81. The van der Waals surface area contributed by atoms with Crippen molar-refractivity contribution in [1.82, 2.24) is 5.32 Å². The molecule has 0 saturated carbocycles. The van der Waals surface area contributed by atoms with Crippen molar-refractivity contribution in [2.45, 2.75) is 20.3 Å². The lowest BCUT2D eigenvalue weighted by molar-refractivity contribution is 0.126. The van der Waals surface area contributed by atoms with Crippen LogP contribution in [0.3, 0.4) is 0 Å². The maximum Gasteiger partial charge on any atom is 0.0591 e. The van der Waals surface area contributed by atoms with E-state index >= 15 is 0 Å². The summed E-state index contributed by atoms with van der Waals surface area (Å²) in [4.78, 5) is 0. The summed E-state index contributed by atoms with van der Waals surface area (Å²) >= 11 is 0. The van der Waals surface area contributed by atoms with Gasteiger partial charge in [-0.1, -0.05) is 56.3 Å². The summed E-state index contributed by atoms with van der Waals surface area (Å²) in [7, 11) is 0. The molecule has 0 amide bonds. The molecule has 1 aromatic carbocycles. The molecular weight excluding hydrogens is 222 g/mol. The van der Waals surface area contributed by atoms with Gasteiger partial charge in [-0.25, -0.2) is 0 Å². The Morgan fingerprint density at radius 3 is 2.67 bits per heavy atom. The van der Waals surface area contributed by atoms with Crippen LogP contribution in [0.1, 0.15) is 25.8 Å². The Morgan fingerprint density at radius 1 is 1.17 bits per heavy atom. The van der Waals surface area contributed by atoms with E-state index in [0.717, 1.165) is 38.6 Å². The molecule has 0 saturated heterocycles. The molecule has 0 radical (unpaired) electrons. The Bertz CT molecular complexity index is 319. The van der Waals surface area contributed by atoms with E-state index in [1.807, 2.05) is 6.07 Å². The summed E-state index contributed by atoms with van der Waals surface area (Å²) in [6.45, 7) is 7.91. The summed E-state index contributed by atoms with van der Waals surface area (Å²) in [5.74, 6) is 0.728. The van der Waals surface area contributed by atoms with Gasteiger partial charge in [0.2, 0.25) is 0 Å². The van der Waals surface area contributed by atoms with Crippen molar-refractivity contribution in [1.29, 1.82) is 0 Å². The van der Waals surface area contributed by atoms with E-state index in [2.05, 4.69) is 55.6 Å². The highest BCUT2D eigenvalue weighted by molar-refractivity contribution is 5.48. The number of benzene rings is 1. The van der Waals surface area contributed by atoms with Gasteiger partial charge in [-0.3, -0.25) is 0 Å². The summed E-state index contributed by atoms with van der Waals surface area (Å²) in [5, 5.41) is 3.33. The highest BCUT2D eigenvalue weighted by atomic mass is 16.5. The van der Waals surface area contributed by atoms with Crippen molar-refractivity contribution < 1.29 is 4.74 Å². The molecule has 0 aliphatic rings. The van der Waals surface area contributed by atoms with E-state index in [4.69, 9.17) is 4.74 Å². The molecule has 1 rings (SSSR count). The molecule has 100 valence electrons. The standard InChI is InChI=1S/C16H25NO/c1-15(2)10-13-18-14-12-17-11-6-9-16-7-4-3-5-8-16/h3-9,15,17H,10-14H2,1-2H3/b9-6+. The molecule has 0 fully saturated rings. The molecule has 2 nitrogen and oxygen atoms in total. The topological polar surface area (TPSA) is 21.3 Å². The van der Waals surface area contributed by atoms with Crippen LogP contribution in [0.25, 0.3) is 6.08 Å². The van der Waals surface area contributed by atoms with Crippen molar-refractivity contribution in [3.05, 3.63) is 42.0 Å².